The number of benzene rings is 2. The van der Waals surface area contributed by atoms with Crippen LogP contribution in [0.15, 0.2) is 41.3 Å². The number of hydrogen-bond donors (Lipinski definition) is 0. The van der Waals surface area contributed by atoms with Gasteiger partial charge in [-0.3, -0.25) is 14.9 Å². The minimum atomic E-state index is -3.79. The van der Waals surface area contributed by atoms with E-state index in [1.165, 1.54) is 27.4 Å². The van der Waals surface area contributed by atoms with Crippen molar-refractivity contribution in [1.29, 1.82) is 0 Å². The van der Waals surface area contributed by atoms with Crippen LogP contribution in [0.4, 0.5) is 5.69 Å². The molecule has 0 aromatic heterocycles. The van der Waals surface area contributed by atoms with Gasteiger partial charge in [-0.15, -0.1) is 0 Å². The Morgan fingerprint density at radius 2 is 1.71 bits per heavy atom. The molecule has 1 amide bonds. The molecule has 0 atom stereocenters. The third-order valence-corrected chi connectivity index (χ3v) is 7.22. The third-order valence-electron chi connectivity index (χ3n) is 5.33. The fourth-order valence-electron chi connectivity index (χ4n) is 3.71. The van der Waals surface area contributed by atoms with Crippen molar-refractivity contribution in [2.24, 2.45) is 0 Å². The second-order valence-corrected chi connectivity index (χ2v) is 9.17. The second-order valence-electron chi connectivity index (χ2n) is 7.23. The van der Waals surface area contributed by atoms with E-state index in [0.29, 0.717) is 30.3 Å². The monoisotopic (exact) mass is 447 g/mol. The van der Waals surface area contributed by atoms with Gasteiger partial charge in [0.2, 0.25) is 10.0 Å². The van der Waals surface area contributed by atoms with Crippen LogP contribution in [0.2, 0.25) is 0 Å². The molecule has 11 heteroatoms. The number of fused-ring (bicyclic) bond motifs is 1. The molecule has 1 saturated heterocycles. The van der Waals surface area contributed by atoms with Gasteiger partial charge < -0.3 is 14.4 Å². The standard InChI is InChI=1S/C20H21N3O7S/c1-14-3-2-4-16(19(14)23(25)26)20(24)21-7-9-22(10-8-21)31(27,28)15-5-6-17-18(13-15)30-12-11-29-17/h2-6,13H,7-12H2,1H3. The quantitative estimate of drug-likeness (QED) is 0.518. The summed E-state index contributed by atoms with van der Waals surface area (Å²) in [5.41, 5.74) is 0.183. The number of nitro benzene ring substituents is 1. The summed E-state index contributed by atoms with van der Waals surface area (Å²) >= 11 is 0. The van der Waals surface area contributed by atoms with Gasteiger partial charge in [-0.05, 0) is 25.1 Å². The van der Waals surface area contributed by atoms with E-state index in [9.17, 15) is 23.3 Å². The average Bonchev–Trinajstić information content (AvgIpc) is 2.78. The first kappa shape index (κ1) is 21.1. The molecule has 0 saturated carbocycles. The molecule has 0 radical (unpaired) electrons. The second kappa shape index (κ2) is 8.16. The Bertz CT molecular complexity index is 1140. The SMILES string of the molecule is Cc1cccc(C(=O)N2CCN(S(=O)(=O)c3ccc4c(c3)OCCO4)CC2)c1[N+](=O)[O-]. The summed E-state index contributed by atoms with van der Waals surface area (Å²) in [6.45, 7) is 2.77. The number of rotatable bonds is 4. The highest BCUT2D eigenvalue weighted by Gasteiger charge is 2.33. The minimum absolute atomic E-state index is 0.00754. The number of sulfonamides is 1. The fourth-order valence-corrected chi connectivity index (χ4v) is 5.15. The molecule has 0 N–H and O–H groups in total. The summed E-state index contributed by atoms with van der Waals surface area (Å²) in [4.78, 5) is 25.3. The first-order chi connectivity index (χ1) is 14.8. The molecule has 1 fully saturated rings. The Labute approximate surface area is 179 Å². The molecule has 2 aliphatic heterocycles. The van der Waals surface area contributed by atoms with Crippen molar-refractivity contribution in [3.63, 3.8) is 0 Å². The predicted molar refractivity (Wildman–Crippen MR) is 110 cm³/mol. The summed E-state index contributed by atoms with van der Waals surface area (Å²) in [5, 5.41) is 11.4. The van der Waals surface area contributed by atoms with E-state index in [4.69, 9.17) is 9.47 Å². The molecule has 2 aliphatic rings. The lowest BCUT2D eigenvalue weighted by Gasteiger charge is -2.34. The molecule has 10 nitrogen and oxygen atoms in total. The minimum Gasteiger partial charge on any atom is -0.486 e. The van der Waals surface area contributed by atoms with Crippen molar-refractivity contribution >= 4 is 21.6 Å². The van der Waals surface area contributed by atoms with Crippen LogP contribution in [0.5, 0.6) is 11.5 Å². The number of aryl methyl sites for hydroxylation is 1. The van der Waals surface area contributed by atoms with E-state index in [2.05, 4.69) is 0 Å². The first-order valence-electron chi connectivity index (χ1n) is 9.72. The van der Waals surface area contributed by atoms with Crippen molar-refractivity contribution in [3.05, 3.63) is 57.6 Å². The number of carbonyl (C=O) groups is 1. The Morgan fingerprint density at radius 1 is 1.03 bits per heavy atom. The van der Waals surface area contributed by atoms with Gasteiger partial charge in [0.25, 0.3) is 11.6 Å². The third kappa shape index (κ3) is 3.93. The smallest absolute Gasteiger partial charge is 0.285 e. The van der Waals surface area contributed by atoms with Gasteiger partial charge in [-0.2, -0.15) is 4.31 Å². The molecule has 4 rings (SSSR count). The molecule has 2 aromatic carbocycles. The van der Waals surface area contributed by atoms with E-state index < -0.39 is 20.9 Å². The maximum Gasteiger partial charge on any atom is 0.285 e. The van der Waals surface area contributed by atoms with E-state index in [1.807, 2.05) is 0 Å². The van der Waals surface area contributed by atoms with Crippen molar-refractivity contribution in [2.75, 3.05) is 39.4 Å². The largest absolute Gasteiger partial charge is 0.486 e. The lowest BCUT2D eigenvalue weighted by molar-refractivity contribution is -0.385. The molecule has 164 valence electrons. The van der Waals surface area contributed by atoms with Crippen LogP contribution in [0.3, 0.4) is 0 Å². The van der Waals surface area contributed by atoms with Gasteiger partial charge in [0.15, 0.2) is 11.5 Å². The zero-order valence-electron chi connectivity index (χ0n) is 16.8. The van der Waals surface area contributed by atoms with Crippen molar-refractivity contribution < 1.29 is 27.6 Å². The summed E-state index contributed by atoms with van der Waals surface area (Å²) < 4.78 is 38.3. The Balaban J connectivity index is 1.49. The molecule has 0 spiro atoms. The number of piperazine rings is 1. The Hall–Kier alpha value is -3.18. The van der Waals surface area contributed by atoms with Crippen LogP contribution in [-0.4, -0.2) is 67.8 Å². The lowest BCUT2D eigenvalue weighted by atomic mass is 10.1. The molecular weight excluding hydrogens is 426 g/mol. The van der Waals surface area contributed by atoms with Crippen LogP contribution in [0.25, 0.3) is 0 Å². The molecule has 2 aromatic rings. The average molecular weight is 447 g/mol. The molecule has 0 aliphatic carbocycles. The normalized spacial score (nSPS) is 16.7. The summed E-state index contributed by atoms with van der Waals surface area (Å²) in [5.74, 6) is 0.403. The molecule has 31 heavy (non-hydrogen) atoms. The van der Waals surface area contributed by atoms with Crippen LogP contribution in [0, 0.1) is 17.0 Å². The Kier molecular flexibility index (Phi) is 5.54. The fraction of sp³-hybridized carbons (Fsp3) is 0.350. The van der Waals surface area contributed by atoms with Gasteiger partial charge in [0.1, 0.15) is 18.8 Å². The van der Waals surface area contributed by atoms with Crippen molar-refractivity contribution in [2.45, 2.75) is 11.8 Å². The van der Waals surface area contributed by atoms with Gasteiger partial charge in [0.05, 0.1) is 9.82 Å². The molecule has 0 bridgehead atoms. The maximum atomic E-state index is 13.0. The van der Waals surface area contributed by atoms with Gasteiger partial charge in [0, 0.05) is 37.8 Å². The van der Waals surface area contributed by atoms with Crippen LogP contribution in [-0.2, 0) is 10.0 Å². The van der Waals surface area contributed by atoms with E-state index in [-0.39, 0.29) is 42.3 Å². The molecular formula is C20H21N3O7S. The number of nitrogens with zero attached hydrogens (tertiary/aromatic N) is 3. The van der Waals surface area contributed by atoms with Crippen LogP contribution >= 0.6 is 0 Å². The lowest BCUT2D eigenvalue weighted by Crippen LogP contribution is -2.50. The van der Waals surface area contributed by atoms with Gasteiger partial charge >= 0.3 is 0 Å². The van der Waals surface area contributed by atoms with Crippen LogP contribution < -0.4 is 9.47 Å². The zero-order chi connectivity index (χ0) is 22.2. The van der Waals surface area contributed by atoms with Crippen molar-refractivity contribution in [3.8, 4) is 11.5 Å². The highest BCUT2D eigenvalue weighted by atomic mass is 32.2. The highest BCUT2D eigenvalue weighted by molar-refractivity contribution is 7.89. The summed E-state index contributed by atoms with van der Waals surface area (Å²) in [6.07, 6.45) is 0. The number of hydrogen-bond acceptors (Lipinski definition) is 7. The van der Waals surface area contributed by atoms with E-state index in [1.54, 1.807) is 25.1 Å². The number of para-hydroxylation sites is 1. The Morgan fingerprint density at radius 3 is 2.39 bits per heavy atom. The highest BCUT2D eigenvalue weighted by Crippen LogP contribution is 2.33. The number of amides is 1. The summed E-state index contributed by atoms with van der Waals surface area (Å²) in [7, 11) is -3.79. The van der Waals surface area contributed by atoms with Crippen molar-refractivity contribution in [1.82, 2.24) is 9.21 Å². The van der Waals surface area contributed by atoms with Gasteiger partial charge in [-0.1, -0.05) is 12.1 Å². The molecule has 2 heterocycles. The van der Waals surface area contributed by atoms with Crippen LogP contribution in [0.1, 0.15) is 15.9 Å². The predicted octanol–water partition coefficient (Wildman–Crippen LogP) is 1.82. The zero-order valence-corrected chi connectivity index (χ0v) is 17.6. The van der Waals surface area contributed by atoms with E-state index >= 15 is 0 Å². The number of ether oxygens (including phenoxy) is 2. The number of carbonyl (C=O) groups excluding carboxylic acids is 1. The number of nitro groups is 1. The van der Waals surface area contributed by atoms with Gasteiger partial charge in [-0.25, -0.2) is 8.42 Å². The molecule has 0 unspecified atom stereocenters. The topological polar surface area (TPSA) is 119 Å². The first-order valence-corrected chi connectivity index (χ1v) is 11.2. The van der Waals surface area contributed by atoms with E-state index in [0.717, 1.165) is 0 Å². The maximum absolute atomic E-state index is 13.0. The summed E-state index contributed by atoms with van der Waals surface area (Å²) in [6, 6.07) is 9.07.